The quantitative estimate of drug-likeness (QED) is 0.822. The van der Waals surface area contributed by atoms with Gasteiger partial charge in [-0.15, -0.1) is 0 Å². The Morgan fingerprint density at radius 2 is 1.88 bits per heavy atom. The van der Waals surface area contributed by atoms with Gasteiger partial charge in [0, 0.05) is 12.7 Å². The molecule has 1 aromatic carbocycles. The Hall–Kier alpha value is -2.40. The first-order chi connectivity index (χ1) is 11.6. The van der Waals surface area contributed by atoms with Gasteiger partial charge >= 0.3 is 6.03 Å². The zero-order valence-electron chi connectivity index (χ0n) is 14.6. The molecule has 0 radical (unpaired) electrons. The third kappa shape index (κ3) is 5.35. The number of carbonyl (C=O) groups is 1. The Morgan fingerprint density at radius 1 is 1.12 bits per heavy atom. The second-order valence-electron chi connectivity index (χ2n) is 5.96. The fourth-order valence-corrected chi connectivity index (χ4v) is 2.50. The molecule has 0 aliphatic heterocycles. The van der Waals surface area contributed by atoms with Gasteiger partial charge in [-0.05, 0) is 43.8 Å². The molecule has 0 spiro atoms. The highest BCUT2D eigenvalue weighted by Gasteiger charge is 2.15. The largest absolute Gasteiger partial charge is 0.336 e. The van der Waals surface area contributed by atoms with E-state index in [1.54, 1.807) is 6.20 Å². The smallest absolute Gasteiger partial charge is 0.315 e. The molecule has 1 unspecified atom stereocenters. The molecule has 0 bridgehead atoms. The van der Waals surface area contributed by atoms with E-state index < -0.39 is 0 Å². The first kappa shape index (κ1) is 17.9. The lowest BCUT2D eigenvalue weighted by Gasteiger charge is -2.25. The summed E-state index contributed by atoms with van der Waals surface area (Å²) in [5.41, 5.74) is 3.35. The summed E-state index contributed by atoms with van der Waals surface area (Å²) < 4.78 is 0. The molecular weight excluding hydrogens is 300 g/mol. The highest BCUT2D eigenvalue weighted by atomic mass is 16.2. The van der Waals surface area contributed by atoms with Gasteiger partial charge in [0.15, 0.2) is 0 Å². The third-order valence-corrected chi connectivity index (χ3v) is 4.01. The van der Waals surface area contributed by atoms with Crippen molar-refractivity contribution in [2.24, 2.45) is 0 Å². The molecule has 0 fully saturated rings. The van der Waals surface area contributed by atoms with Crippen molar-refractivity contribution < 1.29 is 4.79 Å². The van der Waals surface area contributed by atoms with Gasteiger partial charge in [-0.3, -0.25) is 4.98 Å². The summed E-state index contributed by atoms with van der Waals surface area (Å²) >= 11 is 0. The molecule has 0 saturated heterocycles. The SMILES string of the molecule is CCc1ccc(C(CNC(=O)NCc2ccccn2)N(C)C)cc1. The molecule has 2 N–H and O–H groups in total. The molecule has 0 saturated carbocycles. The van der Waals surface area contributed by atoms with E-state index in [2.05, 4.69) is 51.7 Å². The number of benzene rings is 1. The second-order valence-corrected chi connectivity index (χ2v) is 5.96. The molecule has 1 heterocycles. The maximum Gasteiger partial charge on any atom is 0.315 e. The van der Waals surface area contributed by atoms with Crippen molar-refractivity contribution in [1.82, 2.24) is 20.5 Å². The van der Waals surface area contributed by atoms with E-state index in [0.717, 1.165) is 12.1 Å². The molecule has 5 nitrogen and oxygen atoms in total. The van der Waals surface area contributed by atoms with Gasteiger partial charge in [-0.1, -0.05) is 37.3 Å². The van der Waals surface area contributed by atoms with E-state index in [-0.39, 0.29) is 12.1 Å². The first-order valence-corrected chi connectivity index (χ1v) is 8.27. The second kappa shape index (κ2) is 9.03. The third-order valence-electron chi connectivity index (χ3n) is 4.01. The molecule has 2 amide bonds. The van der Waals surface area contributed by atoms with Crippen LogP contribution in [-0.2, 0) is 13.0 Å². The predicted molar refractivity (Wildman–Crippen MR) is 96.7 cm³/mol. The summed E-state index contributed by atoms with van der Waals surface area (Å²) in [6, 6.07) is 14.2. The number of aromatic nitrogens is 1. The average molecular weight is 326 g/mol. The summed E-state index contributed by atoms with van der Waals surface area (Å²) in [5.74, 6) is 0. The Bertz CT molecular complexity index is 626. The normalized spacial score (nSPS) is 12.0. The van der Waals surface area contributed by atoms with Gasteiger partial charge in [-0.25, -0.2) is 4.79 Å². The van der Waals surface area contributed by atoms with Gasteiger partial charge in [-0.2, -0.15) is 0 Å². The number of nitrogens with one attached hydrogen (secondary N) is 2. The van der Waals surface area contributed by atoms with Crippen LogP contribution in [0.1, 0.15) is 29.8 Å². The Kier molecular flexibility index (Phi) is 6.75. The van der Waals surface area contributed by atoms with E-state index in [0.29, 0.717) is 13.1 Å². The zero-order valence-corrected chi connectivity index (χ0v) is 14.6. The number of rotatable bonds is 7. The number of amides is 2. The standard InChI is InChI=1S/C19H26N4O/c1-4-15-8-10-16(11-9-15)18(23(2)3)14-22-19(24)21-13-17-7-5-6-12-20-17/h5-12,18H,4,13-14H2,1-3H3,(H2,21,22,24). The molecule has 128 valence electrons. The Balaban J connectivity index is 1.87. The van der Waals surface area contributed by atoms with E-state index in [4.69, 9.17) is 0 Å². The van der Waals surface area contributed by atoms with Crippen molar-refractivity contribution >= 4 is 6.03 Å². The lowest BCUT2D eigenvalue weighted by molar-refractivity contribution is 0.232. The minimum Gasteiger partial charge on any atom is -0.336 e. The van der Waals surface area contributed by atoms with Crippen molar-refractivity contribution in [1.29, 1.82) is 0 Å². The number of hydrogen-bond donors (Lipinski definition) is 2. The molecule has 2 rings (SSSR count). The lowest BCUT2D eigenvalue weighted by Crippen LogP contribution is -2.40. The monoisotopic (exact) mass is 326 g/mol. The van der Waals surface area contributed by atoms with Crippen LogP contribution in [0.5, 0.6) is 0 Å². The fraction of sp³-hybridized carbons (Fsp3) is 0.368. The fourth-order valence-electron chi connectivity index (χ4n) is 2.50. The van der Waals surface area contributed by atoms with Crippen LogP contribution in [0.3, 0.4) is 0 Å². The van der Waals surface area contributed by atoms with E-state index in [1.165, 1.54) is 11.1 Å². The highest BCUT2D eigenvalue weighted by molar-refractivity contribution is 5.73. The van der Waals surface area contributed by atoms with Crippen molar-refractivity contribution in [2.45, 2.75) is 25.9 Å². The van der Waals surface area contributed by atoms with E-state index in [1.807, 2.05) is 32.3 Å². The van der Waals surface area contributed by atoms with Crippen molar-refractivity contribution in [3.63, 3.8) is 0 Å². The molecule has 0 aliphatic rings. The Labute approximate surface area is 144 Å². The van der Waals surface area contributed by atoms with E-state index >= 15 is 0 Å². The van der Waals surface area contributed by atoms with Crippen molar-refractivity contribution in [3.05, 3.63) is 65.5 Å². The number of urea groups is 1. The maximum atomic E-state index is 12.0. The minimum absolute atomic E-state index is 0.136. The zero-order chi connectivity index (χ0) is 17.4. The average Bonchev–Trinajstić information content (AvgIpc) is 2.61. The van der Waals surface area contributed by atoms with Gasteiger partial charge in [0.1, 0.15) is 0 Å². The van der Waals surface area contributed by atoms with Crippen LogP contribution in [0.25, 0.3) is 0 Å². The van der Waals surface area contributed by atoms with Gasteiger partial charge in [0.05, 0.1) is 18.3 Å². The van der Waals surface area contributed by atoms with E-state index in [9.17, 15) is 4.79 Å². The predicted octanol–water partition coefficient (Wildman–Crippen LogP) is 2.75. The minimum atomic E-state index is -0.183. The lowest BCUT2D eigenvalue weighted by atomic mass is 10.0. The molecule has 24 heavy (non-hydrogen) atoms. The molecule has 2 aromatic rings. The summed E-state index contributed by atoms with van der Waals surface area (Å²) in [5, 5.41) is 5.77. The van der Waals surface area contributed by atoms with Crippen molar-refractivity contribution in [3.8, 4) is 0 Å². The van der Waals surface area contributed by atoms with Crippen LogP contribution in [0.2, 0.25) is 0 Å². The van der Waals surface area contributed by atoms with Crippen LogP contribution in [0.4, 0.5) is 4.79 Å². The molecule has 1 aromatic heterocycles. The number of carbonyl (C=O) groups excluding carboxylic acids is 1. The first-order valence-electron chi connectivity index (χ1n) is 8.27. The number of hydrogen-bond acceptors (Lipinski definition) is 3. The Morgan fingerprint density at radius 3 is 2.46 bits per heavy atom. The van der Waals surface area contributed by atoms with Gasteiger partial charge in [0.25, 0.3) is 0 Å². The number of aryl methyl sites for hydroxylation is 1. The molecule has 0 aliphatic carbocycles. The highest BCUT2D eigenvalue weighted by Crippen LogP contribution is 2.18. The summed E-state index contributed by atoms with van der Waals surface area (Å²) in [6.45, 7) is 3.11. The van der Waals surface area contributed by atoms with Crippen LogP contribution < -0.4 is 10.6 Å². The molecule has 5 heteroatoms. The molecular formula is C19H26N4O. The summed E-state index contributed by atoms with van der Waals surface area (Å²) in [7, 11) is 4.04. The van der Waals surface area contributed by atoms with Crippen LogP contribution in [0.15, 0.2) is 48.7 Å². The number of nitrogens with zero attached hydrogens (tertiary/aromatic N) is 2. The van der Waals surface area contributed by atoms with Crippen LogP contribution in [0, 0.1) is 0 Å². The summed E-state index contributed by atoms with van der Waals surface area (Å²) in [4.78, 5) is 18.3. The van der Waals surface area contributed by atoms with Crippen molar-refractivity contribution in [2.75, 3.05) is 20.6 Å². The number of pyridine rings is 1. The van der Waals surface area contributed by atoms with Gasteiger partial charge < -0.3 is 15.5 Å². The number of likely N-dealkylation sites (N-methyl/N-ethyl adjacent to an activating group) is 1. The van der Waals surface area contributed by atoms with Crippen LogP contribution in [-0.4, -0.2) is 36.6 Å². The van der Waals surface area contributed by atoms with Gasteiger partial charge in [0.2, 0.25) is 0 Å². The van der Waals surface area contributed by atoms with Crippen LogP contribution >= 0.6 is 0 Å². The summed E-state index contributed by atoms with van der Waals surface area (Å²) in [6.07, 6.45) is 2.75. The maximum absolute atomic E-state index is 12.0. The molecule has 1 atom stereocenters. The topological polar surface area (TPSA) is 57.3 Å².